The first-order valence-electron chi connectivity index (χ1n) is 7.05. The van der Waals surface area contributed by atoms with Gasteiger partial charge in [0.1, 0.15) is 0 Å². The molecule has 1 aliphatic carbocycles. The van der Waals surface area contributed by atoms with E-state index in [4.69, 9.17) is 27.9 Å². The van der Waals surface area contributed by atoms with E-state index < -0.39 is 6.10 Å². The van der Waals surface area contributed by atoms with Crippen molar-refractivity contribution in [1.29, 1.82) is 0 Å². The molecule has 112 valence electrons. The number of hydrogen-bond acceptors (Lipinski definition) is 3. The number of hydrogen-bond donors (Lipinski definition) is 2. The molecule has 0 radical (unpaired) electrons. The Bertz CT molecular complexity index is 424. The topological polar surface area (TPSA) is 41.5 Å². The van der Waals surface area contributed by atoms with Gasteiger partial charge in [-0.2, -0.15) is 0 Å². The van der Waals surface area contributed by atoms with E-state index in [9.17, 15) is 5.11 Å². The molecule has 1 aliphatic rings. The molecular weight excluding hydrogens is 297 g/mol. The van der Waals surface area contributed by atoms with E-state index in [0.29, 0.717) is 23.2 Å². The Morgan fingerprint density at radius 3 is 2.85 bits per heavy atom. The maximum Gasteiger partial charge on any atom is 0.0897 e. The summed E-state index contributed by atoms with van der Waals surface area (Å²) in [5.74, 6) is 0.738. The Morgan fingerprint density at radius 1 is 1.35 bits per heavy atom. The van der Waals surface area contributed by atoms with Gasteiger partial charge in [-0.05, 0) is 49.4 Å². The van der Waals surface area contributed by atoms with Crippen LogP contribution in [0.3, 0.4) is 0 Å². The van der Waals surface area contributed by atoms with Crippen molar-refractivity contribution in [2.75, 3.05) is 26.3 Å². The first-order valence-corrected chi connectivity index (χ1v) is 7.81. The lowest BCUT2D eigenvalue weighted by molar-refractivity contribution is 0.0327. The van der Waals surface area contributed by atoms with E-state index in [-0.39, 0.29) is 0 Å². The van der Waals surface area contributed by atoms with E-state index in [1.807, 2.05) is 12.1 Å². The number of benzene rings is 1. The molecule has 1 atom stereocenters. The van der Waals surface area contributed by atoms with E-state index in [1.54, 1.807) is 6.07 Å². The molecule has 0 spiro atoms. The van der Waals surface area contributed by atoms with Gasteiger partial charge in [0.2, 0.25) is 0 Å². The van der Waals surface area contributed by atoms with E-state index >= 15 is 0 Å². The van der Waals surface area contributed by atoms with Gasteiger partial charge in [-0.3, -0.25) is 0 Å². The van der Waals surface area contributed by atoms with E-state index in [0.717, 1.165) is 31.1 Å². The molecule has 5 heteroatoms. The van der Waals surface area contributed by atoms with Crippen LogP contribution >= 0.6 is 23.2 Å². The molecule has 20 heavy (non-hydrogen) atoms. The van der Waals surface area contributed by atoms with Crippen LogP contribution in [0.1, 0.15) is 18.4 Å². The van der Waals surface area contributed by atoms with Gasteiger partial charge in [0.25, 0.3) is 0 Å². The molecule has 1 fully saturated rings. The van der Waals surface area contributed by atoms with Crippen LogP contribution in [0.2, 0.25) is 10.0 Å². The molecule has 0 aromatic heterocycles. The van der Waals surface area contributed by atoms with Crippen LogP contribution in [-0.4, -0.2) is 37.5 Å². The number of rotatable bonds is 9. The van der Waals surface area contributed by atoms with Crippen LogP contribution in [0.25, 0.3) is 0 Å². The summed E-state index contributed by atoms with van der Waals surface area (Å²) < 4.78 is 5.44. The Balaban J connectivity index is 1.55. The quantitative estimate of drug-likeness (QED) is 0.688. The minimum absolute atomic E-state index is 0.408. The molecule has 3 nitrogen and oxygen atoms in total. The Morgan fingerprint density at radius 2 is 2.15 bits per heavy atom. The molecule has 1 aromatic carbocycles. The van der Waals surface area contributed by atoms with Crippen LogP contribution in [0.5, 0.6) is 0 Å². The lowest BCUT2D eigenvalue weighted by Crippen LogP contribution is -2.31. The number of nitrogens with one attached hydrogen (secondary N) is 1. The van der Waals surface area contributed by atoms with Crippen LogP contribution in [0.4, 0.5) is 0 Å². The Kier molecular flexibility index (Phi) is 6.59. The van der Waals surface area contributed by atoms with Crippen LogP contribution in [0.15, 0.2) is 18.2 Å². The lowest BCUT2D eigenvalue weighted by Gasteiger charge is -2.12. The summed E-state index contributed by atoms with van der Waals surface area (Å²) in [4.78, 5) is 0. The molecule has 0 saturated heterocycles. The summed E-state index contributed by atoms with van der Waals surface area (Å²) in [5.41, 5.74) is 1.06. The van der Waals surface area contributed by atoms with E-state index in [2.05, 4.69) is 5.32 Å². The Hall–Kier alpha value is -0.320. The maximum atomic E-state index is 9.74. The first-order chi connectivity index (χ1) is 9.65. The molecule has 2 N–H and O–H groups in total. The fourth-order valence-electron chi connectivity index (χ4n) is 1.93. The van der Waals surface area contributed by atoms with Gasteiger partial charge in [-0.15, -0.1) is 0 Å². The minimum atomic E-state index is -0.450. The normalized spacial score (nSPS) is 16.4. The predicted octanol–water partition coefficient (Wildman–Crippen LogP) is 2.91. The number of aliphatic hydroxyl groups excluding tert-OH is 1. The van der Waals surface area contributed by atoms with E-state index in [1.165, 1.54) is 12.8 Å². The van der Waals surface area contributed by atoms with Gasteiger partial charge in [-0.1, -0.05) is 29.3 Å². The molecule has 0 bridgehead atoms. The third-order valence-electron chi connectivity index (χ3n) is 3.33. The summed E-state index contributed by atoms with van der Waals surface area (Å²) in [5, 5.41) is 14.3. The smallest absolute Gasteiger partial charge is 0.0897 e. The largest absolute Gasteiger partial charge is 0.389 e. The fourth-order valence-corrected chi connectivity index (χ4v) is 2.43. The van der Waals surface area contributed by atoms with Crippen LogP contribution < -0.4 is 5.32 Å². The van der Waals surface area contributed by atoms with Crippen molar-refractivity contribution in [2.24, 2.45) is 5.92 Å². The van der Waals surface area contributed by atoms with Crippen molar-refractivity contribution in [1.82, 2.24) is 5.32 Å². The molecular formula is C15H21Cl2NO2. The van der Waals surface area contributed by atoms with Crippen LogP contribution in [-0.2, 0) is 11.2 Å². The molecule has 1 saturated carbocycles. The zero-order valence-corrected chi connectivity index (χ0v) is 13.0. The number of halogens is 2. The van der Waals surface area contributed by atoms with Gasteiger partial charge >= 0.3 is 0 Å². The van der Waals surface area contributed by atoms with Crippen molar-refractivity contribution in [3.63, 3.8) is 0 Å². The fraction of sp³-hybridized carbons (Fsp3) is 0.600. The van der Waals surface area contributed by atoms with Gasteiger partial charge in [-0.25, -0.2) is 0 Å². The minimum Gasteiger partial charge on any atom is -0.389 e. The second kappa shape index (κ2) is 8.20. The van der Waals surface area contributed by atoms with Crippen molar-refractivity contribution in [3.05, 3.63) is 33.8 Å². The molecule has 2 rings (SSSR count). The Labute approximate surface area is 130 Å². The third-order valence-corrected chi connectivity index (χ3v) is 3.91. The van der Waals surface area contributed by atoms with Crippen molar-refractivity contribution >= 4 is 23.2 Å². The standard InChI is InChI=1S/C15H21Cl2NO2/c16-13-4-3-12(15(17)7-13)5-6-18-8-14(19)10-20-9-11-1-2-11/h3-4,7,11,14,18-19H,1-2,5-6,8-10H2. The highest BCUT2D eigenvalue weighted by Crippen LogP contribution is 2.28. The third kappa shape index (κ3) is 5.98. The zero-order chi connectivity index (χ0) is 14.4. The molecule has 0 aliphatic heterocycles. The summed E-state index contributed by atoms with van der Waals surface area (Å²) >= 11 is 11.9. The monoisotopic (exact) mass is 317 g/mol. The number of ether oxygens (including phenoxy) is 1. The SMILES string of the molecule is OC(CNCCc1ccc(Cl)cc1Cl)COCC1CC1. The predicted molar refractivity (Wildman–Crippen MR) is 82.6 cm³/mol. The first kappa shape index (κ1) is 16.1. The molecule has 1 unspecified atom stereocenters. The zero-order valence-electron chi connectivity index (χ0n) is 11.4. The highest BCUT2D eigenvalue weighted by molar-refractivity contribution is 6.35. The maximum absolute atomic E-state index is 9.74. The lowest BCUT2D eigenvalue weighted by atomic mass is 10.1. The second-order valence-electron chi connectivity index (χ2n) is 5.32. The van der Waals surface area contributed by atoms with Gasteiger partial charge in [0, 0.05) is 23.2 Å². The van der Waals surface area contributed by atoms with Crippen molar-refractivity contribution in [2.45, 2.75) is 25.4 Å². The highest BCUT2D eigenvalue weighted by Gasteiger charge is 2.21. The van der Waals surface area contributed by atoms with Gasteiger partial charge in [0.15, 0.2) is 0 Å². The average molecular weight is 318 g/mol. The average Bonchev–Trinajstić information content (AvgIpc) is 3.21. The number of aliphatic hydroxyl groups is 1. The second-order valence-corrected chi connectivity index (χ2v) is 6.17. The van der Waals surface area contributed by atoms with Crippen molar-refractivity contribution < 1.29 is 9.84 Å². The summed E-state index contributed by atoms with van der Waals surface area (Å²) in [6, 6.07) is 5.52. The summed E-state index contributed by atoms with van der Waals surface area (Å²) in [6.45, 7) is 2.50. The summed E-state index contributed by atoms with van der Waals surface area (Å²) in [7, 11) is 0. The van der Waals surface area contributed by atoms with Gasteiger partial charge < -0.3 is 15.2 Å². The molecule has 1 aromatic rings. The van der Waals surface area contributed by atoms with Crippen molar-refractivity contribution in [3.8, 4) is 0 Å². The highest BCUT2D eigenvalue weighted by atomic mass is 35.5. The van der Waals surface area contributed by atoms with Gasteiger partial charge in [0.05, 0.1) is 12.7 Å². The summed E-state index contributed by atoms with van der Waals surface area (Å²) in [6.07, 6.45) is 2.91. The van der Waals surface area contributed by atoms with Crippen LogP contribution in [0, 0.1) is 5.92 Å². The molecule has 0 amide bonds. The molecule has 0 heterocycles.